The van der Waals surface area contributed by atoms with E-state index in [1.807, 2.05) is 18.3 Å². The van der Waals surface area contributed by atoms with Crippen molar-refractivity contribution in [3.05, 3.63) is 41.7 Å². The first kappa shape index (κ1) is 13.8. The van der Waals surface area contributed by atoms with Crippen LogP contribution in [0.5, 0.6) is 0 Å². The van der Waals surface area contributed by atoms with Crippen molar-refractivity contribution < 1.29 is 4.79 Å². The third kappa shape index (κ3) is 5.25. The third-order valence-corrected chi connectivity index (χ3v) is 3.52. The van der Waals surface area contributed by atoms with Gasteiger partial charge in [-0.1, -0.05) is 17.7 Å². The van der Waals surface area contributed by atoms with Crippen LogP contribution < -0.4 is 5.32 Å². The number of rotatable bonds is 6. The molecule has 0 bridgehead atoms. The van der Waals surface area contributed by atoms with E-state index in [1.165, 1.54) is 31.3 Å². The van der Waals surface area contributed by atoms with E-state index in [2.05, 4.69) is 16.4 Å². The van der Waals surface area contributed by atoms with Gasteiger partial charge in [-0.25, -0.2) is 0 Å². The number of nitrogens with zero attached hydrogens (tertiary/aromatic N) is 1. The smallest absolute Gasteiger partial charge is 0.220 e. The van der Waals surface area contributed by atoms with Crippen LogP contribution >= 0.6 is 0 Å². The molecule has 102 valence electrons. The fraction of sp³-hybridized carbons (Fsp3) is 0.500. The number of nitrogens with one attached hydrogen (secondary N) is 1. The van der Waals surface area contributed by atoms with E-state index in [-0.39, 0.29) is 5.91 Å². The maximum atomic E-state index is 11.7. The number of allylic oxidation sites excluding steroid dienone is 1. The Kier molecular flexibility index (Phi) is 5.60. The molecule has 0 spiro atoms. The van der Waals surface area contributed by atoms with Gasteiger partial charge in [-0.15, -0.1) is 0 Å². The van der Waals surface area contributed by atoms with Crippen LogP contribution in [0, 0.1) is 0 Å². The zero-order chi connectivity index (χ0) is 13.3. The first-order valence-electron chi connectivity index (χ1n) is 7.18. The highest BCUT2D eigenvalue weighted by molar-refractivity contribution is 5.76. The van der Waals surface area contributed by atoms with Crippen molar-refractivity contribution in [1.82, 2.24) is 10.3 Å². The number of aryl methyl sites for hydroxylation is 1. The lowest BCUT2D eigenvalue weighted by molar-refractivity contribution is -0.121. The molecular formula is C16H22N2O. The normalized spacial score (nSPS) is 14.8. The fourth-order valence-corrected chi connectivity index (χ4v) is 2.39. The molecule has 1 amide bonds. The van der Waals surface area contributed by atoms with Gasteiger partial charge < -0.3 is 5.32 Å². The van der Waals surface area contributed by atoms with Crippen LogP contribution in [-0.4, -0.2) is 17.4 Å². The van der Waals surface area contributed by atoms with E-state index in [0.717, 1.165) is 24.9 Å². The number of pyridine rings is 1. The molecule has 0 saturated carbocycles. The Bertz CT molecular complexity index is 426. The molecule has 0 aromatic carbocycles. The standard InChI is InChI=1S/C16H22N2O/c19-16(9-8-15-7-4-11-17-13-15)18-12-10-14-5-2-1-3-6-14/h4-5,7,11,13H,1-3,6,8-10,12H2,(H,18,19). The second-order valence-corrected chi connectivity index (χ2v) is 5.07. The lowest BCUT2D eigenvalue weighted by Gasteiger charge is -2.12. The molecule has 3 nitrogen and oxygen atoms in total. The number of amides is 1. The number of aromatic nitrogens is 1. The van der Waals surface area contributed by atoms with E-state index in [1.54, 1.807) is 6.20 Å². The Morgan fingerprint density at radius 3 is 3.00 bits per heavy atom. The van der Waals surface area contributed by atoms with Crippen LogP contribution in [0.1, 0.15) is 44.1 Å². The highest BCUT2D eigenvalue weighted by Gasteiger charge is 2.05. The molecular weight excluding hydrogens is 236 g/mol. The molecule has 0 radical (unpaired) electrons. The van der Waals surface area contributed by atoms with E-state index in [4.69, 9.17) is 0 Å². The lowest BCUT2D eigenvalue weighted by Crippen LogP contribution is -2.25. The molecule has 0 saturated heterocycles. The summed E-state index contributed by atoms with van der Waals surface area (Å²) in [6.07, 6.45) is 13.3. The second-order valence-electron chi connectivity index (χ2n) is 5.07. The minimum atomic E-state index is 0.139. The molecule has 1 aromatic heterocycles. The van der Waals surface area contributed by atoms with Crippen molar-refractivity contribution in [3.63, 3.8) is 0 Å². The van der Waals surface area contributed by atoms with Crippen molar-refractivity contribution in [3.8, 4) is 0 Å². The maximum absolute atomic E-state index is 11.7. The minimum Gasteiger partial charge on any atom is -0.356 e. The van der Waals surface area contributed by atoms with Crippen LogP contribution in [0.3, 0.4) is 0 Å². The second kappa shape index (κ2) is 7.72. The molecule has 2 rings (SSSR count). The monoisotopic (exact) mass is 258 g/mol. The first-order chi connectivity index (χ1) is 9.34. The summed E-state index contributed by atoms with van der Waals surface area (Å²) in [6.45, 7) is 0.776. The fourth-order valence-electron chi connectivity index (χ4n) is 2.39. The minimum absolute atomic E-state index is 0.139. The number of carbonyl (C=O) groups is 1. The zero-order valence-electron chi connectivity index (χ0n) is 11.4. The summed E-state index contributed by atoms with van der Waals surface area (Å²) in [6, 6.07) is 3.91. The summed E-state index contributed by atoms with van der Waals surface area (Å²) in [5.74, 6) is 0.139. The lowest BCUT2D eigenvalue weighted by atomic mass is 9.97. The van der Waals surface area contributed by atoms with Gasteiger partial charge in [-0.2, -0.15) is 0 Å². The molecule has 0 atom stereocenters. The van der Waals surface area contributed by atoms with Crippen molar-refractivity contribution in [2.75, 3.05) is 6.54 Å². The number of carbonyl (C=O) groups excluding carboxylic acids is 1. The Morgan fingerprint density at radius 2 is 2.26 bits per heavy atom. The molecule has 1 heterocycles. The van der Waals surface area contributed by atoms with Crippen LogP contribution in [-0.2, 0) is 11.2 Å². The SMILES string of the molecule is O=C(CCc1cccnc1)NCCC1=CCCCC1. The van der Waals surface area contributed by atoms with Crippen LogP contribution in [0.25, 0.3) is 0 Å². The Hall–Kier alpha value is -1.64. The molecule has 1 aromatic rings. The van der Waals surface area contributed by atoms with Gasteiger partial charge in [0.15, 0.2) is 0 Å². The predicted octanol–water partition coefficient (Wildman–Crippen LogP) is 3.02. The summed E-state index contributed by atoms with van der Waals surface area (Å²) in [4.78, 5) is 15.8. The highest BCUT2D eigenvalue weighted by atomic mass is 16.1. The van der Waals surface area contributed by atoms with Gasteiger partial charge in [0.2, 0.25) is 5.91 Å². The molecule has 3 heteroatoms. The van der Waals surface area contributed by atoms with E-state index in [9.17, 15) is 4.79 Å². The van der Waals surface area contributed by atoms with Gasteiger partial charge in [0.1, 0.15) is 0 Å². The summed E-state index contributed by atoms with van der Waals surface area (Å²) in [5.41, 5.74) is 2.63. The molecule has 1 aliphatic rings. The summed E-state index contributed by atoms with van der Waals surface area (Å²) in [5, 5.41) is 3.00. The predicted molar refractivity (Wildman–Crippen MR) is 76.7 cm³/mol. The Morgan fingerprint density at radius 1 is 1.32 bits per heavy atom. The van der Waals surface area contributed by atoms with Crippen LogP contribution in [0.4, 0.5) is 0 Å². The molecule has 0 unspecified atom stereocenters. The van der Waals surface area contributed by atoms with Gasteiger partial charge in [0.05, 0.1) is 0 Å². The highest BCUT2D eigenvalue weighted by Crippen LogP contribution is 2.19. The average molecular weight is 258 g/mol. The summed E-state index contributed by atoms with van der Waals surface area (Å²) < 4.78 is 0. The van der Waals surface area contributed by atoms with Crippen molar-refractivity contribution in [1.29, 1.82) is 0 Å². The number of hydrogen-bond donors (Lipinski definition) is 1. The summed E-state index contributed by atoms with van der Waals surface area (Å²) >= 11 is 0. The first-order valence-corrected chi connectivity index (χ1v) is 7.18. The summed E-state index contributed by atoms with van der Waals surface area (Å²) in [7, 11) is 0. The van der Waals surface area contributed by atoms with Gasteiger partial charge >= 0.3 is 0 Å². The largest absolute Gasteiger partial charge is 0.356 e. The molecule has 19 heavy (non-hydrogen) atoms. The molecule has 1 aliphatic carbocycles. The quantitative estimate of drug-likeness (QED) is 0.797. The third-order valence-electron chi connectivity index (χ3n) is 3.52. The van der Waals surface area contributed by atoms with Crippen molar-refractivity contribution >= 4 is 5.91 Å². The average Bonchev–Trinajstić information content (AvgIpc) is 2.47. The van der Waals surface area contributed by atoms with Gasteiger partial charge in [0, 0.05) is 25.4 Å². The van der Waals surface area contributed by atoms with Crippen LogP contribution in [0.2, 0.25) is 0 Å². The molecule has 1 N–H and O–H groups in total. The Labute approximate surface area is 115 Å². The van der Waals surface area contributed by atoms with Gasteiger partial charge in [-0.05, 0) is 50.2 Å². The van der Waals surface area contributed by atoms with E-state index < -0.39 is 0 Å². The topological polar surface area (TPSA) is 42.0 Å². The number of hydrogen-bond acceptors (Lipinski definition) is 2. The van der Waals surface area contributed by atoms with E-state index in [0.29, 0.717) is 6.42 Å². The van der Waals surface area contributed by atoms with E-state index >= 15 is 0 Å². The molecule has 0 fully saturated rings. The van der Waals surface area contributed by atoms with Gasteiger partial charge in [-0.3, -0.25) is 9.78 Å². The zero-order valence-corrected chi connectivity index (χ0v) is 11.4. The van der Waals surface area contributed by atoms with Crippen LogP contribution in [0.15, 0.2) is 36.2 Å². The van der Waals surface area contributed by atoms with Crippen molar-refractivity contribution in [2.24, 2.45) is 0 Å². The van der Waals surface area contributed by atoms with Crippen molar-refractivity contribution in [2.45, 2.75) is 44.9 Å². The Balaban J connectivity index is 1.61. The van der Waals surface area contributed by atoms with Gasteiger partial charge in [0.25, 0.3) is 0 Å². The molecule has 0 aliphatic heterocycles. The maximum Gasteiger partial charge on any atom is 0.220 e.